The summed E-state index contributed by atoms with van der Waals surface area (Å²) in [6, 6.07) is 11.1. The molecule has 0 aromatic heterocycles. The summed E-state index contributed by atoms with van der Waals surface area (Å²) in [5, 5.41) is 3.04. The van der Waals surface area contributed by atoms with Gasteiger partial charge in [0.05, 0.1) is 22.1 Å². The summed E-state index contributed by atoms with van der Waals surface area (Å²) < 4.78 is 37.1. The lowest BCUT2D eigenvalue weighted by Crippen LogP contribution is -2.12. The lowest BCUT2D eigenvalue weighted by atomic mass is 10.1. The second kappa shape index (κ2) is 7.14. The van der Waals surface area contributed by atoms with Crippen LogP contribution in [0, 0.1) is 0 Å². The zero-order valence-electron chi connectivity index (χ0n) is 14.1. The Balaban J connectivity index is 1.88. The number of anilines is 1. The number of hydrogen-bond acceptors (Lipinski definition) is 6. The molecule has 0 saturated heterocycles. The van der Waals surface area contributed by atoms with Crippen LogP contribution in [0.5, 0.6) is 5.75 Å². The Morgan fingerprint density at radius 3 is 2.50 bits per heavy atom. The molecule has 8 heteroatoms. The van der Waals surface area contributed by atoms with E-state index in [-0.39, 0.29) is 10.7 Å². The van der Waals surface area contributed by atoms with E-state index >= 15 is 0 Å². The fourth-order valence-electron chi connectivity index (χ4n) is 2.52. The molecule has 2 aromatic carbocycles. The molecule has 0 radical (unpaired) electrons. The number of fused-ring (bicyclic) bond motifs is 1. The number of hydrogen-bond donors (Lipinski definition) is 2. The normalized spacial score (nSPS) is 13.8. The third-order valence-electron chi connectivity index (χ3n) is 3.76. The highest BCUT2D eigenvalue weighted by molar-refractivity contribution is 8.04. The molecule has 0 fully saturated rings. The van der Waals surface area contributed by atoms with Gasteiger partial charge in [-0.3, -0.25) is 9.35 Å². The van der Waals surface area contributed by atoms with Crippen LogP contribution in [0.3, 0.4) is 0 Å². The SMILES string of the molecule is CCOc1ccc(C(=O)C2=C(C)Nc3cc(S(=O)(=O)O)ccc3S2)cc1. The van der Waals surface area contributed by atoms with E-state index < -0.39 is 10.1 Å². The minimum absolute atomic E-state index is 0.132. The van der Waals surface area contributed by atoms with E-state index in [2.05, 4.69) is 5.32 Å². The number of Topliss-reactive ketones (excluding diaryl/α,β-unsaturated/α-hetero) is 1. The Morgan fingerprint density at radius 1 is 1.19 bits per heavy atom. The van der Waals surface area contributed by atoms with Crippen molar-refractivity contribution in [2.24, 2.45) is 0 Å². The average molecular weight is 391 g/mol. The molecular weight excluding hydrogens is 374 g/mol. The van der Waals surface area contributed by atoms with Gasteiger partial charge in [-0.2, -0.15) is 8.42 Å². The predicted molar refractivity (Wildman–Crippen MR) is 100 cm³/mol. The molecule has 0 amide bonds. The highest BCUT2D eigenvalue weighted by Crippen LogP contribution is 2.41. The van der Waals surface area contributed by atoms with Gasteiger partial charge in [0, 0.05) is 16.2 Å². The second-order valence-electron chi connectivity index (χ2n) is 5.60. The maximum atomic E-state index is 12.8. The number of ether oxygens (including phenoxy) is 1. The third-order valence-corrected chi connectivity index (χ3v) is 5.88. The van der Waals surface area contributed by atoms with Crippen LogP contribution in [-0.4, -0.2) is 25.4 Å². The summed E-state index contributed by atoms with van der Waals surface area (Å²) in [5.74, 6) is 0.569. The van der Waals surface area contributed by atoms with Crippen LogP contribution in [0.25, 0.3) is 0 Å². The minimum atomic E-state index is -4.28. The first-order valence-corrected chi connectivity index (χ1v) is 10.1. The van der Waals surface area contributed by atoms with Gasteiger partial charge in [0.15, 0.2) is 0 Å². The van der Waals surface area contributed by atoms with Crippen molar-refractivity contribution in [2.45, 2.75) is 23.6 Å². The van der Waals surface area contributed by atoms with Gasteiger partial charge in [-0.15, -0.1) is 0 Å². The maximum Gasteiger partial charge on any atom is 0.294 e. The molecule has 1 heterocycles. The lowest BCUT2D eigenvalue weighted by molar-refractivity contribution is 0.104. The van der Waals surface area contributed by atoms with Crippen LogP contribution in [-0.2, 0) is 10.1 Å². The zero-order valence-corrected chi connectivity index (χ0v) is 15.8. The molecule has 6 nitrogen and oxygen atoms in total. The molecule has 1 aliphatic rings. The largest absolute Gasteiger partial charge is 0.494 e. The molecule has 2 N–H and O–H groups in total. The first-order valence-electron chi connectivity index (χ1n) is 7.84. The molecule has 0 unspecified atom stereocenters. The van der Waals surface area contributed by atoms with Crippen molar-refractivity contribution < 1.29 is 22.5 Å². The minimum Gasteiger partial charge on any atom is -0.494 e. The van der Waals surface area contributed by atoms with E-state index in [0.29, 0.717) is 39.1 Å². The molecule has 0 spiro atoms. The van der Waals surface area contributed by atoms with Crippen LogP contribution in [0.1, 0.15) is 24.2 Å². The highest BCUT2D eigenvalue weighted by atomic mass is 32.2. The van der Waals surface area contributed by atoms with Crippen molar-refractivity contribution in [1.82, 2.24) is 0 Å². The number of carbonyl (C=O) groups is 1. The van der Waals surface area contributed by atoms with Gasteiger partial charge in [0.1, 0.15) is 5.75 Å². The summed E-state index contributed by atoms with van der Waals surface area (Å²) in [7, 11) is -4.28. The Kier molecular flexibility index (Phi) is 5.08. The smallest absolute Gasteiger partial charge is 0.294 e. The summed E-state index contributed by atoms with van der Waals surface area (Å²) >= 11 is 1.26. The zero-order chi connectivity index (χ0) is 18.9. The van der Waals surface area contributed by atoms with Crippen LogP contribution >= 0.6 is 11.8 Å². The van der Waals surface area contributed by atoms with Gasteiger partial charge >= 0.3 is 0 Å². The molecule has 0 saturated carbocycles. The second-order valence-corrected chi connectivity index (χ2v) is 8.07. The molecule has 0 aliphatic carbocycles. The number of benzene rings is 2. The number of carbonyl (C=O) groups excluding carboxylic acids is 1. The fraction of sp³-hybridized carbons (Fsp3) is 0.167. The number of thioether (sulfide) groups is 1. The van der Waals surface area contributed by atoms with E-state index in [0.717, 1.165) is 0 Å². The summed E-state index contributed by atoms with van der Waals surface area (Å²) in [4.78, 5) is 13.9. The summed E-state index contributed by atoms with van der Waals surface area (Å²) in [5.41, 5.74) is 1.69. The van der Waals surface area contributed by atoms with Crippen LogP contribution in [0.2, 0.25) is 0 Å². The van der Waals surface area contributed by atoms with Crippen molar-refractivity contribution >= 4 is 33.4 Å². The van der Waals surface area contributed by atoms with Gasteiger partial charge in [-0.1, -0.05) is 11.8 Å². The molecular formula is C18H17NO5S2. The topological polar surface area (TPSA) is 92.7 Å². The molecule has 2 aromatic rings. The monoisotopic (exact) mass is 391 g/mol. The summed E-state index contributed by atoms with van der Waals surface area (Å²) in [6.45, 7) is 4.19. The van der Waals surface area contributed by atoms with Gasteiger partial charge in [-0.05, 0) is 56.3 Å². The van der Waals surface area contributed by atoms with E-state index in [4.69, 9.17) is 9.29 Å². The molecule has 0 bridgehead atoms. The molecule has 26 heavy (non-hydrogen) atoms. The van der Waals surface area contributed by atoms with Crippen LogP contribution < -0.4 is 10.1 Å². The van der Waals surface area contributed by atoms with E-state index in [1.165, 1.54) is 23.9 Å². The van der Waals surface area contributed by atoms with E-state index in [1.54, 1.807) is 37.3 Å². The lowest BCUT2D eigenvalue weighted by Gasteiger charge is -2.22. The highest BCUT2D eigenvalue weighted by Gasteiger charge is 2.24. The quantitative estimate of drug-likeness (QED) is 0.588. The first-order chi connectivity index (χ1) is 12.3. The van der Waals surface area contributed by atoms with Crippen LogP contribution in [0.15, 0.2) is 62.9 Å². The number of rotatable bonds is 5. The first kappa shape index (κ1) is 18.5. The molecule has 1 aliphatic heterocycles. The molecule has 0 atom stereocenters. The number of allylic oxidation sites excluding steroid dienone is 2. The van der Waals surface area contributed by atoms with Crippen LogP contribution in [0.4, 0.5) is 5.69 Å². The van der Waals surface area contributed by atoms with Crippen molar-refractivity contribution in [3.05, 3.63) is 58.6 Å². The molecule has 136 valence electrons. The predicted octanol–water partition coefficient (Wildman–Crippen LogP) is 3.96. The van der Waals surface area contributed by atoms with Gasteiger partial charge in [-0.25, -0.2) is 0 Å². The van der Waals surface area contributed by atoms with Crippen molar-refractivity contribution in [1.29, 1.82) is 0 Å². The fourth-order valence-corrected chi connectivity index (χ4v) is 4.02. The van der Waals surface area contributed by atoms with Crippen molar-refractivity contribution in [3.63, 3.8) is 0 Å². The third kappa shape index (κ3) is 3.77. The van der Waals surface area contributed by atoms with E-state index in [1.807, 2.05) is 6.92 Å². The summed E-state index contributed by atoms with van der Waals surface area (Å²) in [6.07, 6.45) is 0. The Hall–Kier alpha value is -2.29. The van der Waals surface area contributed by atoms with Gasteiger partial charge < -0.3 is 10.1 Å². The van der Waals surface area contributed by atoms with Gasteiger partial charge in [0.25, 0.3) is 10.1 Å². The number of nitrogens with one attached hydrogen (secondary N) is 1. The average Bonchev–Trinajstić information content (AvgIpc) is 2.60. The maximum absolute atomic E-state index is 12.8. The Bertz CT molecular complexity index is 995. The Morgan fingerprint density at radius 2 is 1.88 bits per heavy atom. The Labute approximate surface area is 156 Å². The standard InChI is InChI=1S/C18H17NO5S2/c1-3-24-13-6-4-12(5-7-13)17(20)18-11(2)19-15-10-14(26(21,22)23)8-9-16(15)25-18/h4-10,19H,3H2,1-2H3,(H,21,22,23). The number of ketones is 1. The molecule has 3 rings (SSSR count). The van der Waals surface area contributed by atoms with Gasteiger partial charge in [0.2, 0.25) is 5.78 Å². The van der Waals surface area contributed by atoms with Crippen molar-refractivity contribution in [3.8, 4) is 5.75 Å². The van der Waals surface area contributed by atoms with Crippen molar-refractivity contribution in [2.75, 3.05) is 11.9 Å². The van der Waals surface area contributed by atoms with E-state index in [9.17, 15) is 13.2 Å².